The quantitative estimate of drug-likeness (QED) is 0.762. The van der Waals surface area contributed by atoms with Crippen LogP contribution in [-0.2, 0) is 12.0 Å². The summed E-state index contributed by atoms with van der Waals surface area (Å²) in [7, 11) is 0. The molecule has 1 aliphatic rings. The molecule has 0 bridgehead atoms. The Hall–Kier alpha value is -0.900. The van der Waals surface area contributed by atoms with E-state index >= 15 is 0 Å². The summed E-state index contributed by atoms with van der Waals surface area (Å²) in [6, 6.07) is 0. The molecule has 1 saturated heterocycles. The van der Waals surface area contributed by atoms with E-state index in [9.17, 15) is 0 Å². The summed E-state index contributed by atoms with van der Waals surface area (Å²) < 4.78 is 2.01. The Morgan fingerprint density at radius 1 is 1.64 bits per heavy atom. The highest BCUT2D eigenvalue weighted by Crippen LogP contribution is 2.28. The van der Waals surface area contributed by atoms with Gasteiger partial charge in [-0.1, -0.05) is 6.92 Å². The van der Waals surface area contributed by atoms with Crippen LogP contribution in [0.2, 0.25) is 0 Å². The van der Waals surface area contributed by atoms with Gasteiger partial charge >= 0.3 is 0 Å². The smallest absolute Gasteiger partial charge is 0.138 e. The summed E-state index contributed by atoms with van der Waals surface area (Å²) in [5.41, 5.74) is 0.171. The van der Waals surface area contributed by atoms with Crippen molar-refractivity contribution in [3.8, 4) is 0 Å². The van der Waals surface area contributed by atoms with Crippen LogP contribution in [0.5, 0.6) is 0 Å². The Kier molecular flexibility index (Phi) is 2.54. The van der Waals surface area contributed by atoms with E-state index in [1.165, 1.54) is 12.8 Å². The molecule has 2 heterocycles. The molecule has 4 heteroatoms. The molecule has 78 valence electrons. The maximum atomic E-state index is 4.39. The molecule has 1 fully saturated rings. The molecule has 1 aliphatic heterocycles. The van der Waals surface area contributed by atoms with Crippen molar-refractivity contribution in [2.45, 2.75) is 38.6 Å². The fourth-order valence-electron chi connectivity index (χ4n) is 2.21. The van der Waals surface area contributed by atoms with Crippen molar-refractivity contribution in [2.24, 2.45) is 0 Å². The lowest BCUT2D eigenvalue weighted by Gasteiger charge is -2.33. The van der Waals surface area contributed by atoms with E-state index in [0.717, 1.165) is 25.5 Å². The molecule has 0 radical (unpaired) electrons. The normalized spacial score (nSPS) is 27.9. The van der Waals surface area contributed by atoms with Gasteiger partial charge in [0.2, 0.25) is 0 Å². The maximum Gasteiger partial charge on any atom is 0.138 e. The average molecular weight is 194 g/mol. The van der Waals surface area contributed by atoms with Crippen molar-refractivity contribution in [2.75, 3.05) is 13.1 Å². The van der Waals surface area contributed by atoms with Gasteiger partial charge in [0.25, 0.3) is 0 Å². The first-order valence-corrected chi connectivity index (χ1v) is 5.35. The van der Waals surface area contributed by atoms with Crippen LogP contribution >= 0.6 is 0 Å². The highest BCUT2D eigenvalue weighted by atomic mass is 15.3. The van der Waals surface area contributed by atoms with Gasteiger partial charge in [-0.05, 0) is 26.3 Å². The minimum Gasteiger partial charge on any atom is -0.316 e. The van der Waals surface area contributed by atoms with Crippen LogP contribution < -0.4 is 5.32 Å². The summed E-state index contributed by atoms with van der Waals surface area (Å²) in [4.78, 5) is 4.39. The van der Waals surface area contributed by atoms with Crippen LogP contribution in [-0.4, -0.2) is 27.9 Å². The van der Waals surface area contributed by atoms with E-state index in [1.54, 1.807) is 6.33 Å². The minimum atomic E-state index is 0.171. The van der Waals surface area contributed by atoms with E-state index in [1.807, 2.05) is 4.68 Å². The van der Waals surface area contributed by atoms with Gasteiger partial charge in [-0.2, -0.15) is 5.10 Å². The van der Waals surface area contributed by atoms with Gasteiger partial charge in [0.05, 0.1) is 0 Å². The van der Waals surface area contributed by atoms with Gasteiger partial charge < -0.3 is 5.32 Å². The highest BCUT2D eigenvalue weighted by Gasteiger charge is 2.32. The predicted molar refractivity (Wildman–Crippen MR) is 55.2 cm³/mol. The lowest BCUT2D eigenvalue weighted by atomic mass is 9.82. The molecule has 4 nitrogen and oxygen atoms in total. The van der Waals surface area contributed by atoms with Crippen LogP contribution in [0, 0.1) is 0 Å². The predicted octanol–water partition coefficient (Wildman–Crippen LogP) is 0.939. The van der Waals surface area contributed by atoms with E-state index in [4.69, 9.17) is 0 Å². The molecule has 0 aromatic carbocycles. The fourth-order valence-corrected chi connectivity index (χ4v) is 2.21. The lowest BCUT2D eigenvalue weighted by Crippen LogP contribution is -2.43. The molecule has 1 aromatic heterocycles. The van der Waals surface area contributed by atoms with E-state index in [-0.39, 0.29) is 5.41 Å². The van der Waals surface area contributed by atoms with E-state index < -0.39 is 0 Å². The molecule has 1 aromatic rings. The number of aryl methyl sites for hydroxylation is 1. The first-order valence-electron chi connectivity index (χ1n) is 5.35. The average Bonchev–Trinajstić information content (AvgIpc) is 2.67. The third-order valence-corrected chi connectivity index (χ3v) is 3.05. The van der Waals surface area contributed by atoms with Crippen molar-refractivity contribution in [3.05, 3.63) is 12.2 Å². The molecular formula is C10H18N4. The third kappa shape index (κ3) is 1.54. The Balaban J connectivity index is 2.27. The first kappa shape index (κ1) is 9.65. The highest BCUT2D eigenvalue weighted by molar-refractivity contribution is 5.08. The monoisotopic (exact) mass is 194 g/mol. The molecule has 2 rings (SSSR count). The number of nitrogens with zero attached hydrogens (tertiary/aromatic N) is 3. The molecular weight excluding hydrogens is 176 g/mol. The molecule has 14 heavy (non-hydrogen) atoms. The SMILES string of the molecule is CCn1ncnc1C1(C)CCCNC1. The molecule has 1 unspecified atom stereocenters. The van der Waals surface area contributed by atoms with Gasteiger partial charge in [-0.15, -0.1) is 0 Å². The second-order valence-corrected chi connectivity index (χ2v) is 4.24. The van der Waals surface area contributed by atoms with Crippen molar-refractivity contribution in [3.63, 3.8) is 0 Å². The van der Waals surface area contributed by atoms with E-state index in [0.29, 0.717) is 0 Å². The van der Waals surface area contributed by atoms with Crippen molar-refractivity contribution in [1.82, 2.24) is 20.1 Å². The van der Waals surface area contributed by atoms with Crippen LogP contribution in [0.1, 0.15) is 32.5 Å². The molecule has 0 saturated carbocycles. The number of nitrogens with one attached hydrogen (secondary N) is 1. The Bertz CT molecular complexity index is 299. The number of hydrogen-bond donors (Lipinski definition) is 1. The number of piperidine rings is 1. The van der Waals surface area contributed by atoms with Crippen molar-refractivity contribution >= 4 is 0 Å². The van der Waals surface area contributed by atoms with Gasteiger partial charge in [-0.25, -0.2) is 9.67 Å². The van der Waals surface area contributed by atoms with E-state index in [2.05, 4.69) is 29.2 Å². The molecule has 0 amide bonds. The largest absolute Gasteiger partial charge is 0.316 e. The zero-order valence-corrected chi connectivity index (χ0v) is 8.95. The van der Waals surface area contributed by atoms with Gasteiger partial charge in [-0.3, -0.25) is 0 Å². The number of rotatable bonds is 2. The zero-order valence-electron chi connectivity index (χ0n) is 8.95. The number of aromatic nitrogens is 3. The fraction of sp³-hybridized carbons (Fsp3) is 0.800. The lowest BCUT2D eigenvalue weighted by molar-refractivity contribution is 0.309. The van der Waals surface area contributed by atoms with Crippen molar-refractivity contribution < 1.29 is 0 Å². The molecule has 0 spiro atoms. The maximum absolute atomic E-state index is 4.39. The standard InChI is InChI=1S/C10H18N4/c1-3-14-9(12-8-13-14)10(2)5-4-6-11-7-10/h8,11H,3-7H2,1-2H3. The summed E-state index contributed by atoms with van der Waals surface area (Å²) in [5, 5.41) is 7.67. The van der Waals surface area contributed by atoms with Crippen LogP contribution in [0.4, 0.5) is 0 Å². The Labute approximate surface area is 84.7 Å². The first-order chi connectivity index (χ1) is 6.76. The Morgan fingerprint density at radius 2 is 2.50 bits per heavy atom. The van der Waals surface area contributed by atoms with Crippen LogP contribution in [0.25, 0.3) is 0 Å². The van der Waals surface area contributed by atoms with Gasteiger partial charge in [0.1, 0.15) is 12.2 Å². The van der Waals surface area contributed by atoms with Gasteiger partial charge in [0.15, 0.2) is 0 Å². The summed E-state index contributed by atoms with van der Waals surface area (Å²) in [6.07, 6.45) is 4.10. The molecule has 0 aliphatic carbocycles. The summed E-state index contributed by atoms with van der Waals surface area (Å²) in [6.45, 7) is 7.44. The second-order valence-electron chi connectivity index (χ2n) is 4.24. The number of hydrogen-bond acceptors (Lipinski definition) is 3. The summed E-state index contributed by atoms with van der Waals surface area (Å²) >= 11 is 0. The summed E-state index contributed by atoms with van der Waals surface area (Å²) in [5.74, 6) is 1.13. The zero-order chi connectivity index (χ0) is 10.0. The Morgan fingerprint density at radius 3 is 3.14 bits per heavy atom. The van der Waals surface area contributed by atoms with Crippen LogP contribution in [0.3, 0.4) is 0 Å². The van der Waals surface area contributed by atoms with Crippen LogP contribution in [0.15, 0.2) is 6.33 Å². The molecule has 1 atom stereocenters. The van der Waals surface area contributed by atoms with Gasteiger partial charge in [0, 0.05) is 18.5 Å². The minimum absolute atomic E-state index is 0.171. The molecule has 1 N–H and O–H groups in total. The van der Waals surface area contributed by atoms with Crippen molar-refractivity contribution in [1.29, 1.82) is 0 Å². The topological polar surface area (TPSA) is 42.7 Å². The third-order valence-electron chi connectivity index (χ3n) is 3.05. The second kappa shape index (κ2) is 3.69.